The molecule has 0 saturated heterocycles. The lowest BCUT2D eigenvalue weighted by Crippen LogP contribution is -2.24. The van der Waals surface area contributed by atoms with Crippen LogP contribution in [-0.4, -0.2) is 11.9 Å². The second kappa shape index (κ2) is 6.51. The lowest BCUT2D eigenvalue weighted by molar-refractivity contribution is 0.100. The lowest BCUT2D eigenvalue weighted by atomic mass is 9.96. The van der Waals surface area contributed by atoms with Crippen LogP contribution in [0.25, 0.3) is 21.9 Å². The first-order valence-corrected chi connectivity index (χ1v) is 7.84. The van der Waals surface area contributed by atoms with Crippen molar-refractivity contribution in [3.05, 3.63) is 70.2 Å². The minimum atomic E-state index is -0.503. The van der Waals surface area contributed by atoms with Gasteiger partial charge in [-0.2, -0.15) is 4.99 Å². The predicted molar refractivity (Wildman–Crippen MR) is 99.5 cm³/mol. The Balaban J connectivity index is 2.26. The van der Waals surface area contributed by atoms with E-state index in [1.807, 2.05) is 24.3 Å². The number of guanidine groups is 1. The molecule has 24 heavy (non-hydrogen) atoms. The van der Waals surface area contributed by atoms with E-state index in [1.165, 1.54) is 0 Å². The Hall–Kier alpha value is -2.56. The van der Waals surface area contributed by atoms with Crippen LogP contribution in [0, 0.1) is 0 Å². The Kier molecular flexibility index (Phi) is 4.42. The molecule has 1 amide bonds. The predicted octanol–water partition coefficient (Wildman–Crippen LogP) is 4.23. The van der Waals surface area contributed by atoms with Gasteiger partial charge in [0.25, 0.3) is 5.91 Å². The van der Waals surface area contributed by atoms with Gasteiger partial charge >= 0.3 is 0 Å². The molecule has 0 radical (unpaired) electrons. The third kappa shape index (κ3) is 3.07. The van der Waals surface area contributed by atoms with Crippen LogP contribution >= 0.6 is 23.2 Å². The maximum atomic E-state index is 12.1. The van der Waals surface area contributed by atoms with Crippen LogP contribution < -0.4 is 11.5 Å². The van der Waals surface area contributed by atoms with Crippen molar-refractivity contribution >= 4 is 45.8 Å². The molecule has 6 heteroatoms. The molecule has 4 nitrogen and oxygen atoms in total. The van der Waals surface area contributed by atoms with Gasteiger partial charge in [-0.25, -0.2) is 0 Å². The van der Waals surface area contributed by atoms with Crippen molar-refractivity contribution in [3.8, 4) is 11.1 Å². The second-order valence-corrected chi connectivity index (χ2v) is 5.99. The minimum Gasteiger partial charge on any atom is -0.370 e. The van der Waals surface area contributed by atoms with Gasteiger partial charge in [0, 0.05) is 21.2 Å². The highest BCUT2D eigenvalue weighted by molar-refractivity contribution is 6.39. The first-order chi connectivity index (χ1) is 11.5. The van der Waals surface area contributed by atoms with Crippen molar-refractivity contribution in [1.82, 2.24) is 0 Å². The molecule has 0 atom stereocenters. The van der Waals surface area contributed by atoms with E-state index in [9.17, 15) is 4.79 Å². The van der Waals surface area contributed by atoms with Crippen molar-refractivity contribution in [2.45, 2.75) is 0 Å². The molecule has 0 aromatic heterocycles. The Morgan fingerprint density at radius 3 is 2.25 bits per heavy atom. The number of rotatable bonds is 2. The fourth-order valence-corrected chi connectivity index (χ4v) is 3.16. The third-order valence-corrected chi connectivity index (χ3v) is 4.22. The molecule has 0 aliphatic rings. The van der Waals surface area contributed by atoms with Crippen molar-refractivity contribution < 1.29 is 4.79 Å². The summed E-state index contributed by atoms with van der Waals surface area (Å²) in [5.41, 5.74) is 12.5. The number of hydrogen-bond acceptors (Lipinski definition) is 1. The second-order valence-electron chi connectivity index (χ2n) is 5.18. The first kappa shape index (κ1) is 16.3. The minimum absolute atomic E-state index is 0.275. The molecule has 3 rings (SSSR count). The Morgan fingerprint density at radius 2 is 1.58 bits per heavy atom. The number of nitrogens with two attached hydrogens (primary N) is 2. The van der Waals surface area contributed by atoms with Crippen LogP contribution in [0.5, 0.6) is 0 Å². The van der Waals surface area contributed by atoms with E-state index >= 15 is 0 Å². The SMILES string of the molecule is NC(N)=NC(=O)c1ccc2cccc(-c3c(Cl)cccc3Cl)c2c1. The number of carbonyl (C=O) groups excluding carboxylic acids is 1. The van der Waals surface area contributed by atoms with Crippen LogP contribution in [-0.2, 0) is 0 Å². The molecular formula is C18H13Cl2N3O. The monoisotopic (exact) mass is 357 g/mol. The van der Waals surface area contributed by atoms with Crippen molar-refractivity contribution in [1.29, 1.82) is 0 Å². The number of fused-ring (bicyclic) bond motifs is 1. The average Bonchev–Trinajstić information content (AvgIpc) is 2.53. The quantitative estimate of drug-likeness (QED) is 0.531. The molecule has 0 aliphatic carbocycles. The fourth-order valence-electron chi connectivity index (χ4n) is 2.56. The summed E-state index contributed by atoms with van der Waals surface area (Å²) in [4.78, 5) is 15.7. The Morgan fingerprint density at radius 1 is 0.917 bits per heavy atom. The van der Waals surface area contributed by atoms with E-state index < -0.39 is 5.91 Å². The molecule has 0 fully saturated rings. The zero-order valence-electron chi connectivity index (χ0n) is 12.5. The summed E-state index contributed by atoms with van der Waals surface area (Å²) in [5.74, 6) is -0.778. The summed E-state index contributed by atoms with van der Waals surface area (Å²) in [7, 11) is 0. The summed E-state index contributed by atoms with van der Waals surface area (Å²) in [5, 5.41) is 2.86. The van der Waals surface area contributed by atoms with Gasteiger partial charge in [0.05, 0.1) is 0 Å². The van der Waals surface area contributed by atoms with E-state index in [2.05, 4.69) is 4.99 Å². The van der Waals surface area contributed by atoms with E-state index in [4.69, 9.17) is 34.7 Å². The van der Waals surface area contributed by atoms with Gasteiger partial charge in [-0.15, -0.1) is 0 Å². The van der Waals surface area contributed by atoms with Crippen molar-refractivity contribution in [2.24, 2.45) is 16.5 Å². The molecule has 0 unspecified atom stereocenters. The lowest BCUT2D eigenvalue weighted by Gasteiger charge is -2.11. The van der Waals surface area contributed by atoms with E-state index in [0.717, 1.165) is 21.9 Å². The van der Waals surface area contributed by atoms with Crippen LogP contribution in [0.1, 0.15) is 10.4 Å². The molecule has 3 aromatic carbocycles. The highest BCUT2D eigenvalue weighted by Gasteiger charge is 2.13. The van der Waals surface area contributed by atoms with Crippen LogP contribution in [0.3, 0.4) is 0 Å². The largest absolute Gasteiger partial charge is 0.370 e. The maximum absolute atomic E-state index is 12.1. The van der Waals surface area contributed by atoms with Gasteiger partial charge in [0.2, 0.25) is 0 Å². The summed E-state index contributed by atoms with van der Waals surface area (Å²) in [6.07, 6.45) is 0. The molecule has 120 valence electrons. The number of aliphatic imine (C=N–C) groups is 1. The number of halogens is 2. The number of carbonyl (C=O) groups is 1. The van der Waals surface area contributed by atoms with E-state index in [0.29, 0.717) is 15.6 Å². The van der Waals surface area contributed by atoms with Gasteiger partial charge in [-0.05, 0) is 40.6 Å². The van der Waals surface area contributed by atoms with Gasteiger partial charge in [0.15, 0.2) is 5.96 Å². The van der Waals surface area contributed by atoms with Gasteiger partial charge in [-0.3, -0.25) is 4.79 Å². The van der Waals surface area contributed by atoms with Crippen molar-refractivity contribution in [2.75, 3.05) is 0 Å². The number of nitrogens with zero attached hydrogens (tertiary/aromatic N) is 1. The molecule has 4 N–H and O–H groups in total. The smallest absolute Gasteiger partial charge is 0.280 e. The molecule has 0 spiro atoms. The number of hydrogen-bond donors (Lipinski definition) is 2. The summed E-state index contributed by atoms with van der Waals surface area (Å²) >= 11 is 12.7. The number of amides is 1. The van der Waals surface area contributed by atoms with Crippen LogP contribution in [0.15, 0.2) is 59.6 Å². The summed E-state index contributed by atoms with van der Waals surface area (Å²) in [6.45, 7) is 0. The molecule has 0 bridgehead atoms. The molecule has 0 heterocycles. The first-order valence-electron chi connectivity index (χ1n) is 7.08. The third-order valence-electron chi connectivity index (χ3n) is 3.59. The topological polar surface area (TPSA) is 81.5 Å². The van der Waals surface area contributed by atoms with Crippen molar-refractivity contribution in [3.63, 3.8) is 0 Å². The van der Waals surface area contributed by atoms with Crippen LogP contribution in [0.4, 0.5) is 0 Å². The highest BCUT2D eigenvalue weighted by atomic mass is 35.5. The van der Waals surface area contributed by atoms with Gasteiger partial charge in [0.1, 0.15) is 0 Å². The van der Waals surface area contributed by atoms with Crippen LogP contribution in [0.2, 0.25) is 10.0 Å². The normalized spacial score (nSPS) is 10.6. The molecule has 0 saturated carbocycles. The summed E-state index contributed by atoms with van der Waals surface area (Å²) < 4.78 is 0. The maximum Gasteiger partial charge on any atom is 0.280 e. The van der Waals surface area contributed by atoms with Gasteiger partial charge in [-0.1, -0.05) is 53.5 Å². The molecular weight excluding hydrogens is 345 g/mol. The zero-order chi connectivity index (χ0) is 17.3. The number of benzene rings is 3. The average molecular weight is 358 g/mol. The molecule has 3 aromatic rings. The van der Waals surface area contributed by atoms with E-state index in [1.54, 1.807) is 30.3 Å². The molecule has 0 aliphatic heterocycles. The van der Waals surface area contributed by atoms with Gasteiger partial charge < -0.3 is 11.5 Å². The standard InChI is InChI=1S/C18H13Cl2N3O/c19-14-5-2-6-15(20)16(14)12-4-1-3-10-7-8-11(9-13(10)12)17(24)23-18(21)22/h1-9H,(H4,21,22,23,24). The fraction of sp³-hybridized carbons (Fsp3) is 0. The highest BCUT2D eigenvalue weighted by Crippen LogP contribution is 2.38. The van der Waals surface area contributed by atoms with E-state index in [-0.39, 0.29) is 5.96 Å². The Bertz CT molecular complexity index is 959. The Labute approximate surface area is 148 Å². The summed E-state index contributed by atoms with van der Waals surface area (Å²) in [6, 6.07) is 16.3. The zero-order valence-corrected chi connectivity index (χ0v) is 14.0.